The Morgan fingerprint density at radius 3 is 2.36 bits per heavy atom. The van der Waals surface area contributed by atoms with E-state index in [2.05, 4.69) is 0 Å². The first-order valence-electron chi connectivity index (χ1n) is 8.82. The van der Waals surface area contributed by atoms with E-state index >= 15 is 0 Å². The molecule has 5 heteroatoms. The van der Waals surface area contributed by atoms with E-state index in [9.17, 15) is 9.59 Å². The number of allylic oxidation sites excluding steroid dienone is 2. The van der Waals surface area contributed by atoms with Crippen LogP contribution in [0.15, 0.2) is 48.1 Å². The summed E-state index contributed by atoms with van der Waals surface area (Å²) in [5, 5.41) is 0.671. The normalized spacial score (nSPS) is 21.2. The van der Waals surface area contributed by atoms with Crippen molar-refractivity contribution in [1.82, 2.24) is 9.80 Å². The van der Waals surface area contributed by atoms with Gasteiger partial charge in [0.25, 0.3) is 5.91 Å². The molecule has 4 rings (SSSR count). The molecule has 3 aliphatic rings. The maximum atomic E-state index is 13.1. The van der Waals surface area contributed by atoms with Gasteiger partial charge in [0.2, 0.25) is 5.91 Å². The fourth-order valence-corrected chi connectivity index (χ4v) is 3.94. The van der Waals surface area contributed by atoms with E-state index in [1.54, 1.807) is 0 Å². The number of amides is 2. The maximum Gasteiger partial charge on any atom is 0.253 e. The second-order valence-corrected chi connectivity index (χ2v) is 7.41. The average molecular weight is 357 g/mol. The average Bonchev–Trinajstić information content (AvgIpc) is 3.27. The summed E-state index contributed by atoms with van der Waals surface area (Å²) in [6, 6.07) is 7.65. The molecule has 2 aliphatic carbocycles. The Labute approximate surface area is 152 Å². The standard InChI is InChI=1S/C20H21ClN2O2/c21-17-7-3-6-16(14-17)20(8-9-20)19(25)23-12-10-22(11-13-23)18(24)15-4-1-2-5-15/h1,3-7,14H,2,8-13H2. The minimum atomic E-state index is -0.395. The third-order valence-electron chi connectivity index (χ3n) is 5.41. The van der Waals surface area contributed by atoms with Gasteiger partial charge in [0.05, 0.1) is 5.41 Å². The van der Waals surface area contributed by atoms with E-state index in [-0.39, 0.29) is 11.8 Å². The lowest BCUT2D eigenvalue weighted by Gasteiger charge is -2.36. The van der Waals surface area contributed by atoms with Gasteiger partial charge in [0, 0.05) is 36.8 Å². The summed E-state index contributed by atoms with van der Waals surface area (Å²) in [6.07, 6.45) is 8.43. The van der Waals surface area contributed by atoms with Crippen molar-refractivity contribution >= 4 is 23.4 Å². The van der Waals surface area contributed by atoms with Crippen LogP contribution in [0, 0.1) is 0 Å². The van der Waals surface area contributed by atoms with Crippen molar-refractivity contribution in [3.63, 3.8) is 0 Å². The van der Waals surface area contributed by atoms with Gasteiger partial charge in [-0.05, 0) is 37.0 Å². The van der Waals surface area contributed by atoms with Crippen molar-refractivity contribution < 1.29 is 9.59 Å². The Bertz CT molecular complexity index is 772. The van der Waals surface area contributed by atoms with Gasteiger partial charge in [-0.15, -0.1) is 0 Å². The highest BCUT2D eigenvalue weighted by molar-refractivity contribution is 6.30. The maximum absolute atomic E-state index is 13.1. The van der Waals surface area contributed by atoms with Crippen LogP contribution in [0.3, 0.4) is 0 Å². The molecule has 1 aliphatic heterocycles. The van der Waals surface area contributed by atoms with Gasteiger partial charge in [0.15, 0.2) is 0 Å². The van der Waals surface area contributed by atoms with Crippen molar-refractivity contribution in [3.8, 4) is 0 Å². The van der Waals surface area contributed by atoms with E-state index in [1.807, 2.05) is 52.3 Å². The highest BCUT2D eigenvalue weighted by atomic mass is 35.5. The van der Waals surface area contributed by atoms with Gasteiger partial charge < -0.3 is 9.80 Å². The second kappa shape index (κ2) is 6.34. The smallest absolute Gasteiger partial charge is 0.253 e. The summed E-state index contributed by atoms with van der Waals surface area (Å²) >= 11 is 6.11. The van der Waals surface area contributed by atoms with Crippen molar-refractivity contribution in [2.75, 3.05) is 26.2 Å². The van der Waals surface area contributed by atoms with Crippen molar-refractivity contribution in [2.24, 2.45) is 0 Å². The predicted octanol–water partition coefficient (Wildman–Crippen LogP) is 2.93. The second-order valence-electron chi connectivity index (χ2n) is 6.97. The van der Waals surface area contributed by atoms with Crippen molar-refractivity contribution in [3.05, 3.63) is 58.7 Å². The van der Waals surface area contributed by atoms with Crippen LogP contribution in [-0.4, -0.2) is 47.8 Å². The topological polar surface area (TPSA) is 40.6 Å². The molecule has 4 nitrogen and oxygen atoms in total. The van der Waals surface area contributed by atoms with Gasteiger partial charge in [-0.3, -0.25) is 9.59 Å². The number of nitrogens with zero attached hydrogens (tertiary/aromatic N) is 2. The molecule has 0 atom stereocenters. The molecule has 25 heavy (non-hydrogen) atoms. The molecule has 0 aromatic heterocycles. The molecule has 130 valence electrons. The lowest BCUT2D eigenvalue weighted by molar-refractivity contribution is -0.139. The number of benzene rings is 1. The molecule has 1 aromatic rings. The van der Waals surface area contributed by atoms with Crippen LogP contribution in [0.5, 0.6) is 0 Å². The quantitative estimate of drug-likeness (QED) is 0.835. The number of carbonyl (C=O) groups excluding carboxylic acids is 2. The number of rotatable bonds is 3. The lowest BCUT2D eigenvalue weighted by Crippen LogP contribution is -2.53. The highest BCUT2D eigenvalue weighted by Crippen LogP contribution is 2.50. The number of carbonyl (C=O) groups is 2. The van der Waals surface area contributed by atoms with Crippen LogP contribution in [0.25, 0.3) is 0 Å². The third kappa shape index (κ3) is 2.99. The Hall–Kier alpha value is -2.07. The Kier molecular flexibility index (Phi) is 4.16. The van der Waals surface area contributed by atoms with Crippen LogP contribution in [-0.2, 0) is 15.0 Å². The summed E-state index contributed by atoms with van der Waals surface area (Å²) in [5.41, 5.74) is 1.40. The number of hydrogen-bond donors (Lipinski definition) is 0. The zero-order valence-corrected chi connectivity index (χ0v) is 14.8. The highest BCUT2D eigenvalue weighted by Gasteiger charge is 2.53. The number of hydrogen-bond acceptors (Lipinski definition) is 2. The van der Waals surface area contributed by atoms with E-state index in [0.29, 0.717) is 31.2 Å². The summed E-state index contributed by atoms with van der Waals surface area (Å²) in [4.78, 5) is 29.3. The fraction of sp³-hybridized carbons (Fsp3) is 0.400. The van der Waals surface area contributed by atoms with E-state index in [0.717, 1.165) is 30.4 Å². The zero-order valence-electron chi connectivity index (χ0n) is 14.1. The van der Waals surface area contributed by atoms with Gasteiger partial charge in [-0.1, -0.05) is 42.0 Å². The minimum Gasteiger partial charge on any atom is -0.338 e. The molecular weight excluding hydrogens is 336 g/mol. The Morgan fingerprint density at radius 1 is 1.04 bits per heavy atom. The van der Waals surface area contributed by atoms with Crippen molar-refractivity contribution in [1.29, 1.82) is 0 Å². The summed E-state index contributed by atoms with van der Waals surface area (Å²) in [7, 11) is 0. The van der Waals surface area contributed by atoms with Gasteiger partial charge in [-0.25, -0.2) is 0 Å². The minimum absolute atomic E-state index is 0.0804. The zero-order chi connectivity index (χ0) is 17.4. The van der Waals surface area contributed by atoms with Crippen LogP contribution in [0.2, 0.25) is 5.02 Å². The van der Waals surface area contributed by atoms with Crippen LogP contribution >= 0.6 is 11.6 Å². The first kappa shape index (κ1) is 16.4. The van der Waals surface area contributed by atoms with Crippen LogP contribution < -0.4 is 0 Å². The first-order chi connectivity index (χ1) is 12.1. The SMILES string of the molecule is O=C(C1=CCC=C1)N1CCN(C(=O)C2(c3cccc(Cl)c3)CC2)CC1. The molecular formula is C20H21ClN2O2. The molecule has 1 heterocycles. The molecule has 0 bridgehead atoms. The number of piperazine rings is 1. The molecule has 0 radical (unpaired) electrons. The Morgan fingerprint density at radius 2 is 1.76 bits per heavy atom. The van der Waals surface area contributed by atoms with Crippen LogP contribution in [0.4, 0.5) is 0 Å². The molecule has 1 aromatic carbocycles. The van der Waals surface area contributed by atoms with E-state index in [1.165, 1.54) is 0 Å². The summed E-state index contributed by atoms with van der Waals surface area (Å²) in [5.74, 6) is 0.263. The fourth-order valence-electron chi connectivity index (χ4n) is 3.75. The van der Waals surface area contributed by atoms with Gasteiger partial charge in [0.1, 0.15) is 0 Å². The summed E-state index contributed by atoms with van der Waals surface area (Å²) < 4.78 is 0. The molecule has 2 fully saturated rings. The molecule has 0 unspecified atom stereocenters. The van der Waals surface area contributed by atoms with Crippen LogP contribution in [0.1, 0.15) is 24.8 Å². The van der Waals surface area contributed by atoms with Gasteiger partial charge >= 0.3 is 0 Å². The van der Waals surface area contributed by atoms with Gasteiger partial charge in [-0.2, -0.15) is 0 Å². The molecule has 1 saturated carbocycles. The number of halogens is 1. The summed E-state index contributed by atoms with van der Waals surface area (Å²) in [6.45, 7) is 2.40. The van der Waals surface area contributed by atoms with E-state index in [4.69, 9.17) is 11.6 Å². The van der Waals surface area contributed by atoms with E-state index < -0.39 is 5.41 Å². The lowest BCUT2D eigenvalue weighted by atomic mass is 9.94. The molecule has 1 saturated heterocycles. The largest absolute Gasteiger partial charge is 0.338 e. The molecule has 0 N–H and O–H groups in total. The Balaban J connectivity index is 1.42. The van der Waals surface area contributed by atoms with Crippen molar-refractivity contribution in [2.45, 2.75) is 24.7 Å². The molecule has 0 spiro atoms. The third-order valence-corrected chi connectivity index (χ3v) is 5.64. The first-order valence-corrected chi connectivity index (χ1v) is 9.19. The molecule has 2 amide bonds. The predicted molar refractivity (Wildman–Crippen MR) is 97.4 cm³/mol. The monoisotopic (exact) mass is 356 g/mol.